The fraction of sp³-hybridized carbons (Fsp3) is 0.300. The van der Waals surface area contributed by atoms with E-state index in [-0.39, 0.29) is 18.1 Å². The SMILES string of the molecule is CCN(C)c1ccc(-c2nc(-c3cc(CO)c(O)c(OC)c3)[nH]c2-c2ccc(N(CC)CC)cc2)cc1. The molecule has 7 nitrogen and oxygen atoms in total. The van der Waals surface area contributed by atoms with E-state index in [2.05, 4.69) is 91.1 Å². The van der Waals surface area contributed by atoms with E-state index in [0.29, 0.717) is 17.0 Å². The highest BCUT2D eigenvalue weighted by atomic mass is 16.5. The summed E-state index contributed by atoms with van der Waals surface area (Å²) in [5, 5.41) is 20.1. The van der Waals surface area contributed by atoms with Crippen LogP contribution in [0.25, 0.3) is 33.9 Å². The summed E-state index contributed by atoms with van der Waals surface area (Å²) in [5.41, 5.74) is 7.15. The first-order valence-electron chi connectivity index (χ1n) is 12.7. The second-order valence-corrected chi connectivity index (χ2v) is 8.93. The number of H-pyrrole nitrogens is 1. The van der Waals surface area contributed by atoms with Crippen LogP contribution in [0.2, 0.25) is 0 Å². The maximum atomic E-state index is 10.4. The molecular formula is C30H36N4O3. The molecule has 4 aromatic rings. The van der Waals surface area contributed by atoms with Crippen molar-refractivity contribution in [2.24, 2.45) is 0 Å². The molecule has 0 spiro atoms. The Kier molecular flexibility index (Phi) is 8.04. The number of phenols is 1. The molecule has 0 radical (unpaired) electrons. The zero-order chi connectivity index (χ0) is 26.5. The highest BCUT2D eigenvalue weighted by molar-refractivity contribution is 5.83. The van der Waals surface area contributed by atoms with Crippen LogP contribution in [0.5, 0.6) is 11.5 Å². The van der Waals surface area contributed by atoms with Crippen molar-refractivity contribution in [2.45, 2.75) is 27.4 Å². The maximum Gasteiger partial charge on any atom is 0.163 e. The number of rotatable bonds is 10. The second-order valence-electron chi connectivity index (χ2n) is 8.93. The number of ether oxygens (including phenoxy) is 1. The van der Waals surface area contributed by atoms with E-state index >= 15 is 0 Å². The van der Waals surface area contributed by atoms with Gasteiger partial charge in [0.2, 0.25) is 0 Å². The number of benzene rings is 3. The quantitative estimate of drug-likeness (QED) is 0.251. The number of anilines is 2. The fourth-order valence-electron chi connectivity index (χ4n) is 4.49. The van der Waals surface area contributed by atoms with Gasteiger partial charge in [0.1, 0.15) is 5.82 Å². The van der Waals surface area contributed by atoms with E-state index in [4.69, 9.17) is 9.72 Å². The van der Waals surface area contributed by atoms with Crippen LogP contribution in [0.1, 0.15) is 26.3 Å². The summed E-state index contributed by atoms with van der Waals surface area (Å²) in [7, 11) is 3.56. The fourth-order valence-corrected chi connectivity index (χ4v) is 4.49. The smallest absolute Gasteiger partial charge is 0.163 e. The minimum Gasteiger partial charge on any atom is -0.504 e. The normalized spacial score (nSPS) is 11.0. The van der Waals surface area contributed by atoms with Crippen LogP contribution in [0.4, 0.5) is 11.4 Å². The zero-order valence-electron chi connectivity index (χ0n) is 22.2. The van der Waals surface area contributed by atoms with Gasteiger partial charge < -0.3 is 29.7 Å². The Balaban J connectivity index is 1.85. The van der Waals surface area contributed by atoms with Gasteiger partial charge in [-0.1, -0.05) is 24.3 Å². The third kappa shape index (κ3) is 5.27. The van der Waals surface area contributed by atoms with E-state index in [1.54, 1.807) is 12.1 Å². The molecule has 0 aliphatic heterocycles. The van der Waals surface area contributed by atoms with Gasteiger partial charge in [0.25, 0.3) is 0 Å². The van der Waals surface area contributed by atoms with Crippen LogP contribution >= 0.6 is 0 Å². The van der Waals surface area contributed by atoms with Gasteiger partial charge in [-0.2, -0.15) is 0 Å². The van der Waals surface area contributed by atoms with Crippen molar-refractivity contribution < 1.29 is 14.9 Å². The van der Waals surface area contributed by atoms with Crippen molar-refractivity contribution in [1.82, 2.24) is 9.97 Å². The third-order valence-electron chi connectivity index (χ3n) is 6.86. The largest absolute Gasteiger partial charge is 0.504 e. The van der Waals surface area contributed by atoms with E-state index in [9.17, 15) is 10.2 Å². The average Bonchev–Trinajstić information content (AvgIpc) is 3.39. The highest BCUT2D eigenvalue weighted by Crippen LogP contribution is 2.38. The molecule has 37 heavy (non-hydrogen) atoms. The van der Waals surface area contributed by atoms with Crippen molar-refractivity contribution in [1.29, 1.82) is 0 Å². The Morgan fingerprint density at radius 2 is 1.46 bits per heavy atom. The van der Waals surface area contributed by atoms with Crippen molar-refractivity contribution >= 4 is 11.4 Å². The molecule has 194 valence electrons. The van der Waals surface area contributed by atoms with Crippen molar-refractivity contribution in [2.75, 3.05) is 43.6 Å². The first kappa shape index (κ1) is 26.1. The Labute approximate surface area is 219 Å². The molecule has 1 aromatic heterocycles. The summed E-state index contributed by atoms with van der Waals surface area (Å²) in [6, 6.07) is 20.4. The van der Waals surface area contributed by atoms with Gasteiger partial charge in [-0.15, -0.1) is 0 Å². The summed E-state index contributed by atoms with van der Waals surface area (Å²) in [6.45, 7) is 8.95. The topological polar surface area (TPSA) is 84.9 Å². The van der Waals surface area contributed by atoms with Crippen LogP contribution in [0.3, 0.4) is 0 Å². The molecule has 0 saturated heterocycles. The van der Waals surface area contributed by atoms with E-state index < -0.39 is 0 Å². The standard InChI is InChI=1S/C30H36N4O3/c1-6-33(4)24-13-9-20(10-14-24)27-28(21-11-15-25(16-12-21)34(7-2)8-3)32-30(31-27)22-17-23(19-35)29(36)26(18-22)37-5/h9-18,35-36H,6-8,19H2,1-5H3,(H,31,32). The van der Waals surface area contributed by atoms with Crippen LogP contribution in [0, 0.1) is 0 Å². The molecule has 0 atom stereocenters. The highest BCUT2D eigenvalue weighted by Gasteiger charge is 2.19. The zero-order valence-corrected chi connectivity index (χ0v) is 22.2. The second kappa shape index (κ2) is 11.4. The summed E-state index contributed by atoms with van der Waals surface area (Å²) in [4.78, 5) is 13.0. The number of aromatic amines is 1. The Hall–Kier alpha value is -3.97. The molecule has 3 N–H and O–H groups in total. The average molecular weight is 501 g/mol. The molecule has 0 bridgehead atoms. The number of methoxy groups -OCH3 is 1. The minimum atomic E-state index is -0.310. The summed E-state index contributed by atoms with van der Waals surface area (Å²) in [6.07, 6.45) is 0. The lowest BCUT2D eigenvalue weighted by atomic mass is 10.0. The number of aromatic hydroxyl groups is 1. The van der Waals surface area contributed by atoms with Gasteiger partial charge in [-0.25, -0.2) is 4.98 Å². The van der Waals surface area contributed by atoms with Gasteiger partial charge in [0.05, 0.1) is 25.1 Å². The molecule has 1 heterocycles. The van der Waals surface area contributed by atoms with Gasteiger partial charge in [-0.05, 0) is 57.2 Å². The molecule has 0 amide bonds. The van der Waals surface area contributed by atoms with Gasteiger partial charge in [0, 0.05) is 60.3 Å². The summed E-state index contributed by atoms with van der Waals surface area (Å²) in [5.74, 6) is 0.848. The number of nitrogens with one attached hydrogen (secondary N) is 1. The Morgan fingerprint density at radius 3 is 2.03 bits per heavy atom. The van der Waals surface area contributed by atoms with Crippen LogP contribution < -0.4 is 14.5 Å². The number of nitrogens with zero attached hydrogens (tertiary/aromatic N) is 3. The first-order chi connectivity index (χ1) is 17.9. The molecule has 4 rings (SSSR count). The molecule has 3 aromatic carbocycles. The number of hydrogen-bond acceptors (Lipinski definition) is 6. The molecule has 0 aliphatic rings. The minimum absolute atomic E-state index is 0.0663. The van der Waals surface area contributed by atoms with E-state index in [0.717, 1.165) is 47.8 Å². The van der Waals surface area contributed by atoms with Crippen molar-refractivity contribution in [3.8, 4) is 45.4 Å². The molecule has 0 fully saturated rings. The number of aliphatic hydroxyl groups excluding tert-OH is 1. The van der Waals surface area contributed by atoms with Crippen molar-refractivity contribution in [3.63, 3.8) is 0 Å². The monoisotopic (exact) mass is 500 g/mol. The lowest BCUT2D eigenvalue weighted by Gasteiger charge is -2.21. The van der Waals surface area contributed by atoms with Crippen molar-refractivity contribution in [3.05, 3.63) is 66.2 Å². The molecule has 7 heteroatoms. The van der Waals surface area contributed by atoms with Crippen LogP contribution in [-0.4, -0.2) is 54.0 Å². The Morgan fingerprint density at radius 1 is 0.838 bits per heavy atom. The lowest BCUT2D eigenvalue weighted by molar-refractivity contribution is 0.272. The lowest BCUT2D eigenvalue weighted by Crippen LogP contribution is -2.21. The third-order valence-corrected chi connectivity index (χ3v) is 6.86. The van der Waals surface area contributed by atoms with Gasteiger partial charge in [-0.3, -0.25) is 0 Å². The summed E-state index contributed by atoms with van der Waals surface area (Å²) >= 11 is 0. The molecular weight excluding hydrogens is 464 g/mol. The van der Waals surface area contributed by atoms with E-state index in [1.165, 1.54) is 12.8 Å². The van der Waals surface area contributed by atoms with Crippen LogP contribution in [0.15, 0.2) is 60.7 Å². The Bertz CT molecular complexity index is 1300. The van der Waals surface area contributed by atoms with Crippen LogP contribution in [-0.2, 0) is 6.61 Å². The molecule has 0 saturated carbocycles. The predicted molar refractivity (Wildman–Crippen MR) is 152 cm³/mol. The van der Waals surface area contributed by atoms with E-state index in [1.807, 2.05) is 0 Å². The first-order valence-corrected chi connectivity index (χ1v) is 12.7. The summed E-state index contributed by atoms with van der Waals surface area (Å²) < 4.78 is 5.35. The number of hydrogen-bond donors (Lipinski definition) is 3. The number of imidazole rings is 1. The number of aromatic nitrogens is 2. The number of aliphatic hydroxyl groups is 1. The molecule has 0 aliphatic carbocycles. The predicted octanol–water partition coefficient (Wildman–Crippen LogP) is 5.92. The van der Waals surface area contributed by atoms with Gasteiger partial charge >= 0.3 is 0 Å². The maximum absolute atomic E-state index is 10.4. The van der Waals surface area contributed by atoms with Gasteiger partial charge in [0.15, 0.2) is 11.5 Å². The molecule has 0 unspecified atom stereocenters.